The molecule has 1 aromatic heterocycles. The molecule has 1 saturated heterocycles. The van der Waals surface area contributed by atoms with E-state index in [0.29, 0.717) is 5.82 Å². The topological polar surface area (TPSA) is 155 Å². The average Bonchev–Trinajstić information content (AvgIpc) is 2.94. The van der Waals surface area contributed by atoms with Gasteiger partial charge in [0.2, 0.25) is 0 Å². The summed E-state index contributed by atoms with van der Waals surface area (Å²) in [7, 11) is 0. The lowest BCUT2D eigenvalue weighted by Crippen LogP contribution is -2.51. The molecule has 1 amide bonds. The molecule has 3 heterocycles. The van der Waals surface area contributed by atoms with Crippen molar-refractivity contribution in [1.29, 1.82) is 0 Å². The van der Waals surface area contributed by atoms with E-state index in [-0.39, 0.29) is 12.2 Å². The zero-order chi connectivity index (χ0) is 16.1. The van der Waals surface area contributed by atoms with Crippen molar-refractivity contribution in [1.82, 2.24) is 14.9 Å². The van der Waals surface area contributed by atoms with Gasteiger partial charge in [-0.05, 0) is 6.92 Å². The molecule has 0 saturated carbocycles. The number of fused-ring (bicyclic) bond motifs is 1. The number of aliphatic hydroxyl groups excluding tert-OH is 2. The summed E-state index contributed by atoms with van der Waals surface area (Å²) in [6, 6.07) is 0. The fourth-order valence-corrected chi connectivity index (χ4v) is 2.77. The Morgan fingerprint density at radius 2 is 2.27 bits per heavy atom. The SMILES string of the molecule is CC1(O)[C@H](Cn2cnc3c2NC(N)NC3=O)O[C@H](CO)[C@@H]1O. The number of aromatic nitrogens is 2. The van der Waals surface area contributed by atoms with E-state index in [2.05, 4.69) is 15.6 Å². The summed E-state index contributed by atoms with van der Waals surface area (Å²) in [5, 5.41) is 34.9. The Morgan fingerprint density at radius 1 is 1.55 bits per heavy atom. The molecule has 2 unspecified atom stereocenters. The van der Waals surface area contributed by atoms with Crippen LogP contribution in [0, 0.1) is 0 Å². The Balaban J connectivity index is 1.84. The highest BCUT2D eigenvalue weighted by molar-refractivity contribution is 5.98. The van der Waals surface area contributed by atoms with Crippen LogP contribution in [-0.2, 0) is 11.3 Å². The maximum atomic E-state index is 11.8. The molecule has 3 rings (SSSR count). The number of ether oxygens (including phenoxy) is 1. The van der Waals surface area contributed by atoms with E-state index in [1.165, 1.54) is 13.3 Å². The number of carbonyl (C=O) groups excluding carboxylic acids is 1. The molecular weight excluding hydrogens is 294 g/mol. The fraction of sp³-hybridized carbons (Fsp3) is 0.667. The molecule has 2 aliphatic rings. The average molecular weight is 313 g/mol. The van der Waals surface area contributed by atoms with Gasteiger partial charge >= 0.3 is 0 Å². The Morgan fingerprint density at radius 3 is 2.91 bits per heavy atom. The number of hydrogen-bond acceptors (Lipinski definition) is 8. The zero-order valence-corrected chi connectivity index (χ0v) is 11.9. The molecule has 5 atom stereocenters. The normalized spacial score (nSPS) is 37.6. The third kappa shape index (κ3) is 2.25. The molecule has 1 aromatic rings. The standard InChI is InChI=1S/C12H19N5O5/c1-12(21)6(22-5(3-18)8(12)19)2-17-4-14-7-9(17)15-11(13)16-10(7)20/h4-6,8,11,15,18-19,21H,2-3,13H2,1H3,(H,16,20)/t5-,6+,8+,11?,12?/m1/s1. The Bertz CT molecular complexity index is 588. The fourth-order valence-electron chi connectivity index (χ4n) is 2.77. The molecule has 0 aromatic carbocycles. The van der Waals surface area contributed by atoms with Crippen LogP contribution >= 0.6 is 0 Å². The van der Waals surface area contributed by atoms with Crippen LogP contribution in [0.2, 0.25) is 0 Å². The van der Waals surface area contributed by atoms with Gasteiger partial charge in [0.15, 0.2) is 12.0 Å². The molecule has 0 bridgehead atoms. The molecule has 0 radical (unpaired) electrons. The van der Waals surface area contributed by atoms with E-state index in [1.807, 2.05) is 0 Å². The van der Waals surface area contributed by atoms with Gasteiger partial charge in [-0.2, -0.15) is 0 Å². The van der Waals surface area contributed by atoms with E-state index in [0.717, 1.165) is 0 Å². The van der Waals surface area contributed by atoms with Gasteiger partial charge in [-0.15, -0.1) is 0 Å². The third-order valence-corrected chi connectivity index (χ3v) is 4.12. The van der Waals surface area contributed by atoms with Crippen LogP contribution in [0.5, 0.6) is 0 Å². The smallest absolute Gasteiger partial charge is 0.276 e. The number of amides is 1. The van der Waals surface area contributed by atoms with E-state index >= 15 is 0 Å². The quantitative estimate of drug-likeness (QED) is 0.348. The molecule has 7 N–H and O–H groups in total. The van der Waals surface area contributed by atoms with Crippen molar-refractivity contribution >= 4 is 11.7 Å². The second kappa shape index (κ2) is 5.18. The number of imidazole rings is 1. The second-order valence-corrected chi connectivity index (χ2v) is 5.71. The van der Waals surface area contributed by atoms with Gasteiger partial charge in [-0.3, -0.25) is 10.5 Å². The third-order valence-electron chi connectivity index (χ3n) is 4.12. The van der Waals surface area contributed by atoms with E-state index in [9.17, 15) is 20.1 Å². The highest BCUT2D eigenvalue weighted by Crippen LogP contribution is 2.33. The van der Waals surface area contributed by atoms with Gasteiger partial charge < -0.3 is 35.3 Å². The number of aliphatic hydroxyl groups is 3. The van der Waals surface area contributed by atoms with Crippen molar-refractivity contribution in [3.63, 3.8) is 0 Å². The Labute approximate surface area is 125 Å². The summed E-state index contributed by atoms with van der Waals surface area (Å²) in [5.74, 6) is 0.0185. The predicted octanol–water partition coefficient (Wildman–Crippen LogP) is -2.85. The molecule has 10 nitrogen and oxygen atoms in total. The van der Waals surface area contributed by atoms with Crippen molar-refractivity contribution in [2.24, 2.45) is 5.73 Å². The van der Waals surface area contributed by atoms with E-state index in [4.69, 9.17) is 10.5 Å². The zero-order valence-electron chi connectivity index (χ0n) is 11.9. The second-order valence-electron chi connectivity index (χ2n) is 5.71. The minimum Gasteiger partial charge on any atom is -0.394 e. The maximum Gasteiger partial charge on any atom is 0.276 e. The van der Waals surface area contributed by atoms with Gasteiger partial charge in [0, 0.05) is 0 Å². The van der Waals surface area contributed by atoms with Crippen LogP contribution in [0.25, 0.3) is 0 Å². The first kappa shape index (κ1) is 15.2. The highest BCUT2D eigenvalue weighted by atomic mass is 16.6. The molecule has 0 spiro atoms. The Hall–Kier alpha value is -1.72. The van der Waals surface area contributed by atoms with Crippen molar-refractivity contribution in [3.05, 3.63) is 12.0 Å². The number of nitrogens with one attached hydrogen (secondary N) is 2. The lowest BCUT2D eigenvalue weighted by molar-refractivity contribution is -0.0679. The summed E-state index contributed by atoms with van der Waals surface area (Å²) in [6.07, 6.45) is -2.16. The molecule has 2 aliphatic heterocycles. The van der Waals surface area contributed by atoms with Crippen LogP contribution in [0.15, 0.2) is 6.33 Å². The van der Waals surface area contributed by atoms with Gasteiger partial charge in [0.25, 0.3) is 5.91 Å². The van der Waals surface area contributed by atoms with E-state index < -0.39 is 42.7 Å². The largest absolute Gasteiger partial charge is 0.394 e. The van der Waals surface area contributed by atoms with Crippen molar-refractivity contribution in [2.75, 3.05) is 11.9 Å². The lowest BCUT2D eigenvalue weighted by atomic mass is 9.93. The molecular formula is C12H19N5O5. The number of hydrogen-bond donors (Lipinski definition) is 6. The number of anilines is 1. The number of rotatable bonds is 3. The van der Waals surface area contributed by atoms with Gasteiger partial charge in [-0.1, -0.05) is 0 Å². The first-order valence-electron chi connectivity index (χ1n) is 6.89. The minimum atomic E-state index is -1.54. The maximum absolute atomic E-state index is 11.8. The monoisotopic (exact) mass is 313 g/mol. The van der Waals surface area contributed by atoms with Crippen LogP contribution in [0.4, 0.5) is 5.82 Å². The number of nitrogens with two attached hydrogens (primary N) is 1. The first-order chi connectivity index (χ1) is 10.3. The molecule has 122 valence electrons. The summed E-state index contributed by atoms with van der Waals surface area (Å²) in [4.78, 5) is 15.8. The highest BCUT2D eigenvalue weighted by Gasteiger charge is 2.52. The van der Waals surface area contributed by atoms with Crippen molar-refractivity contribution in [3.8, 4) is 0 Å². The first-order valence-corrected chi connectivity index (χ1v) is 6.89. The molecule has 22 heavy (non-hydrogen) atoms. The summed E-state index contributed by atoms with van der Waals surface area (Å²) in [5.41, 5.74) is 4.31. The minimum absolute atomic E-state index is 0.135. The van der Waals surface area contributed by atoms with Crippen LogP contribution in [0.1, 0.15) is 17.4 Å². The summed E-state index contributed by atoms with van der Waals surface area (Å²) >= 11 is 0. The Kier molecular flexibility index (Phi) is 3.57. The van der Waals surface area contributed by atoms with Gasteiger partial charge in [0.05, 0.1) is 19.5 Å². The lowest BCUT2D eigenvalue weighted by Gasteiger charge is -2.28. The van der Waals surface area contributed by atoms with Gasteiger partial charge in [0.1, 0.15) is 29.7 Å². The number of nitrogens with zero attached hydrogens (tertiary/aromatic N) is 2. The van der Waals surface area contributed by atoms with Crippen LogP contribution in [0.3, 0.4) is 0 Å². The summed E-state index contributed by atoms with van der Waals surface area (Å²) in [6.45, 7) is 1.17. The van der Waals surface area contributed by atoms with Gasteiger partial charge in [-0.25, -0.2) is 4.98 Å². The van der Waals surface area contributed by atoms with Crippen LogP contribution < -0.4 is 16.4 Å². The predicted molar refractivity (Wildman–Crippen MR) is 73.7 cm³/mol. The van der Waals surface area contributed by atoms with E-state index in [1.54, 1.807) is 4.57 Å². The summed E-state index contributed by atoms with van der Waals surface area (Å²) < 4.78 is 7.08. The molecule has 10 heteroatoms. The van der Waals surface area contributed by atoms with Crippen molar-refractivity contribution < 1.29 is 24.9 Å². The number of carbonyl (C=O) groups is 1. The molecule has 1 fully saturated rings. The van der Waals surface area contributed by atoms with Crippen molar-refractivity contribution in [2.45, 2.75) is 43.7 Å². The van der Waals surface area contributed by atoms with Crippen LogP contribution in [-0.4, -0.2) is 67.6 Å². The molecule has 0 aliphatic carbocycles.